The normalized spacial score (nSPS) is 25.5. The summed E-state index contributed by atoms with van der Waals surface area (Å²) >= 11 is 0. The molecule has 9 nitrogen and oxygen atoms in total. The Morgan fingerprint density at radius 3 is 2.83 bits per heavy atom. The third-order valence-corrected chi connectivity index (χ3v) is 9.00. The van der Waals surface area contributed by atoms with Gasteiger partial charge in [0.1, 0.15) is 5.69 Å². The van der Waals surface area contributed by atoms with Gasteiger partial charge in [0.05, 0.1) is 35.9 Å². The number of benzene rings is 1. The Bertz CT molecular complexity index is 1450. The number of rotatable bonds is 6. The van der Waals surface area contributed by atoms with Crippen molar-refractivity contribution in [3.63, 3.8) is 0 Å². The number of carbonyl (C=O) groups excluding carboxylic acids is 1. The van der Waals surface area contributed by atoms with Gasteiger partial charge in [0.25, 0.3) is 0 Å². The van der Waals surface area contributed by atoms with Gasteiger partial charge < -0.3 is 20.1 Å². The van der Waals surface area contributed by atoms with Crippen molar-refractivity contribution >= 4 is 22.8 Å². The van der Waals surface area contributed by atoms with Crippen LogP contribution in [0.2, 0.25) is 0 Å². The fourth-order valence-electron chi connectivity index (χ4n) is 6.88. The van der Waals surface area contributed by atoms with E-state index < -0.39 is 11.9 Å². The van der Waals surface area contributed by atoms with Crippen molar-refractivity contribution in [3.8, 4) is 11.3 Å². The summed E-state index contributed by atoms with van der Waals surface area (Å²) in [6, 6.07) is 5.48. The van der Waals surface area contributed by atoms with Gasteiger partial charge in [0, 0.05) is 50.4 Å². The van der Waals surface area contributed by atoms with Gasteiger partial charge in [-0.2, -0.15) is 0 Å². The second-order valence-corrected chi connectivity index (χ2v) is 12.2. The van der Waals surface area contributed by atoms with Gasteiger partial charge in [-0.05, 0) is 61.4 Å². The highest BCUT2D eigenvalue weighted by Crippen LogP contribution is 2.40. The molecule has 0 saturated carbocycles. The lowest BCUT2D eigenvalue weighted by Gasteiger charge is -2.39. The van der Waals surface area contributed by atoms with E-state index in [4.69, 9.17) is 9.72 Å². The van der Waals surface area contributed by atoms with E-state index in [1.165, 1.54) is 11.8 Å². The minimum Gasteiger partial charge on any atom is -0.389 e. The zero-order valence-corrected chi connectivity index (χ0v) is 24.1. The summed E-state index contributed by atoms with van der Waals surface area (Å²) in [5.41, 5.74) is 3.75. The van der Waals surface area contributed by atoms with Crippen LogP contribution in [0, 0.1) is 11.2 Å². The first-order valence-electron chi connectivity index (χ1n) is 14.7. The number of aliphatic hydroxyl groups excluding tert-OH is 1. The molecule has 1 spiro atoms. The number of amides is 1. The Hall–Kier alpha value is -3.21. The van der Waals surface area contributed by atoms with E-state index >= 15 is 4.39 Å². The zero-order chi connectivity index (χ0) is 28.7. The van der Waals surface area contributed by atoms with Crippen LogP contribution in [-0.2, 0) is 16.1 Å². The molecule has 3 aliphatic heterocycles. The van der Waals surface area contributed by atoms with Crippen LogP contribution in [0.3, 0.4) is 0 Å². The lowest BCUT2D eigenvalue weighted by atomic mass is 9.78. The molecule has 41 heavy (non-hydrogen) atoms. The van der Waals surface area contributed by atoms with Crippen molar-refractivity contribution in [2.45, 2.75) is 64.1 Å². The highest BCUT2D eigenvalue weighted by molar-refractivity contribution is 5.88. The van der Waals surface area contributed by atoms with Crippen LogP contribution >= 0.6 is 0 Å². The van der Waals surface area contributed by atoms with Crippen molar-refractivity contribution in [1.29, 1.82) is 0 Å². The number of hydrogen-bond acceptors (Lipinski definition) is 8. The third kappa shape index (κ3) is 5.40. The topological polar surface area (TPSA) is 104 Å². The molecule has 0 unspecified atom stereocenters. The Morgan fingerprint density at radius 1 is 1.22 bits per heavy atom. The van der Waals surface area contributed by atoms with E-state index in [1.807, 2.05) is 36.3 Å². The first kappa shape index (κ1) is 27.9. The van der Waals surface area contributed by atoms with E-state index in [0.717, 1.165) is 61.9 Å². The third-order valence-electron chi connectivity index (χ3n) is 9.00. The number of nitrogens with zero attached hydrogens (tertiary/aromatic N) is 5. The van der Waals surface area contributed by atoms with Crippen LogP contribution in [0.4, 0.5) is 10.3 Å². The number of fused-ring (bicyclic) bond motifs is 1. The molecule has 3 aliphatic rings. The van der Waals surface area contributed by atoms with Crippen molar-refractivity contribution in [2.24, 2.45) is 5.41 Å². The second-order valence-electron chi connectivity index (χ2n) is 12.2. The molecule has 3 atom stereocenters. The number of pyridine rings is 1. The van der Waals surface area contributed by atoms with Gasteiger partial charge in [0.15, 0.2) is 5.82 Å². The number of anilines is 1. The van der Waals surface area contributed by atoms with Gasteiger partial charge in [-0.15, -0.1) is 0 Å². The molecule has 1 aromatic carbocycles. The molecule has 0 radical (unpaired) electrons. The highest BCUT2D eigenvalue weighted by Gasteiger charge is 2.47. The summed E-state index contributed by atoms with van der Waals surface area (Å²) in [6.45, 7) is 8.41. The fourth-order valence-corrected chi connectivity index (χ4v) is 6.88. The van der Waals surface area contributed by atoms with Gasteiger partial charge in [-0.25, -0.2) is 14.4 Å². The minimum absolute atomic E-state index is 0.202. The first-order valence-corrected chi connectivity index (χ1v) is 14.7. The van der Waals surface area contributed by atoms with Crippen LogP contribution in [0.15, 0.2) is 30.6 Å². The first-order chi connectivity index (χ1) is 19.7. The molecular formula is C31H39FN6O3. The van der Waals surface area contributed by atoms with Gasteiger partial charge in [-0.3, -0.25) is 14.7 Å². The van der Waals surface area contributed by atoms with Crippen LogP contribution < -0.4 is 5.32 Å². The van der Waals surface area contributed by atoms with Gasteiger partial charge in [0.2, 0.25) is 11.9 Å². The van der Waals surface area contributed by atoms with E-state index in [2.05, 4.69) is 34.0 Å². The molecule has 5 heterocycles. The monoisotopic (exact) mass is 562 g/mol. The number of aromatic nitrogens is 3. The quantitative estimate of drug-likeness (QED) is 0.466. The maximum absolute atomic E-state index is 15.1. The van der Waals surface area contributed by atoms with Crippen molar-refractivity contribution < 1.29 is 19.0 Å². The standard InChI is InChI=1S/C31H39FN6O3/c1-19(2)27-21(16-38-10-4-8-31(18-38)9-11-37(3)29(31)40)14-33-24-6-5-20(13-22(24)27)28-23(32)15-34-30(36-28)35-25-7-12-41-17-26(25)39/h5-6,13-15,19,25-26,39H,4,7-12,16-18H2,1-3H3,(H,34,35,36)/t25-,26-,31-/m1/s1. The summed E-state index contributed by atoms with van der Waals surface area (Å²) in [4.78, 5) is 30.7. The van der Waals surface area contributed by atoms with Crippen LogP contribution in [0.25, 0.3) is 22.2 Å². The molecule has 3 saturated heterocycles. The maximum atomic E-state index is 15.1. The molecule has 1 amide bonds. The predicted octanol–water partition coefficient (Wildman–Crippen LogP) is 3.96. The molecule has 2 aromatic heterocycles. The van der Waals surface area contributed by atoms with E-state index in [-0.39, 0.29) is 41.5 Å². The minimum atomic E-state index is -0.679. The van der Waals surface area contributed by atoms with E-state index in [9.17, 15) is 9.90 Å². The SMILES string of the molecule is CC(C)c1c(CN2CCC[C@@]3(CCN(C)C3=O)C2)cnc2ccc(-c3nc(N[C@@H]4CCOC[C@H]4O)ncc3F)cc12. The molecule has 2 N–H and O–H groups in total. The van der Waals surface area contributed by atoms with Gasteiger partial charge >= 0.3 is 0 Å². The van der Waals surface area contributed by atoms with Gasteiger partial charge in [-0.1, -0.05) is 19.9 Å². The smallest absolute Gasteiger partial charge is 0.229 e. The number of hydrogen-bond donors (Lipinski definition) is 2. The number of nitrogens with one attached hydrogen (secondary N) is 1. The lowest BCUT2D eigenvalue weighted by Crippen LogP contribution is -2.47. The van der Waals surface area contributed by atoms with Crippen LogP contribution in [-0.4, -0.2) is 87.8 Å². The summed E-state index contributed by atoms with van der Waals surface area (Å²) < 4.78 is 20.4. The summed E-state index contributed by atoms with van der Waals surface area (Å²) in [7, 11) is 1.91. The number of ether oxygens (including phenoxy) is 1. The molecule has 218 valence electrons. The predicted molar refractivity (Wildman–Crippen MR) is 155 cm³/mol. The molecule has 0 aliphatic carbocycles. The van der Waals surface area contributed by atoms with E-state index in [1.54, 1.807) is 0 Å². The largest absolute Gasteiger partial charge is 0.389 e. The Labute approximate surface area is 240 Å². The molecule has 10 heteroatoms. The highest BCUT2D eigenvalue weighted by atomic mass is 19.1. The van der Waals surface area contributed by atoms with Crippen molar-refractivity contribution in [1.82, 2.24) is 24.8 Å². The zero-order valence-electron chi connectivity index (χ0n) is 24.1. The maximum Gasteiger partial charge on any atom is 0.229 e. The molecule has 6 rings (SSSR count). The summed E-state index contributed by atoms with van der Waals surface area (Å²) in [5, 5.41) is 14.4. The average Bonchev–Trinajstić information content (AvgIpc) is 3.22. The summed E-state index contributed by atoms with van der Waals surface area (Å²) in [6.07, 6.45) is 5.96. The second kappa shape index (κ2) is 11.2. The molecule has 0 bridgehead atoms. The molecule has 3 aromatic rings. The van der Waals surface area contributed by atoms with Crippen molar-refractivity contribution in [2.75, 3.05) is 45.2 Å². The van der Waals surface area contributed by atoms with Crippen molar-refractivity contribution in [3.05, 3.63) is 47.5 Å². The van der Waals surface area contributed by atoms with Crippen LogP contribution in [0.1, 0.15) is 56.6 Å². The molecular weight excluding hydrogens is 523 g/mol. The van der Waals surface area contributed by atoms with E-state index in [0.29, 0.717) is 18.6 Å². The Kier molecular flexibility index (Phi) is 7.65. The number of aliphatic hydroxyl groups is 1. The summed E-state index contributed by atoms with van der Waals surface area (Å²) in [5.74, 6) is 0.253. The number of piperidine rings is 1. The fraction of sp³-hybridized carbons (Fsp3) is 0.548. The molecule has 3 fully saturated rings. The number of carbonyl (C=O) groups is 1. The average molecular weight is 563 g/mol. The Balaban J connectivity index is 1.31. The number of halogens is 1. The Morgan fingerprint density at radius 2 is 2.07 bits per heavy atom. The number of likely N-dealkylation sites (tertiary alicyclic amines) is 2. The van der Waals surface area contributed by atoms with Crippen LogP contribution in [0.5, 0.6) is 0 Å². The lowest BCUT2D eigenvalue weighted by molar-refractivity contribution is -0.137.